The molecule has 4 rings (SSSR count). The molecule has 8 heteroatoms. The zero-order chi connectivity index (χ0) is 21.0. The fraction of sp³-hybridized carbons (Fsp3) is 0.500. The molecule has 3 N–H and O–H groups in total. The van der Waals surface area contributed by atoms with Gasteiger partial charge in [0.2, 0.25) is 0 Å². The van der Waals surface area contributed by atoms with Crippen molar-refractivity contribution in [3.63, 3.8) is 0 Å². The molecule has 0 aromatic carbocycles. The molecule has 158 valence electrons. The minimum absolute atomic E-state index is 0.212. The number of nitrogens with zero attached hydrogens (tertiary/aromatic N) is 3. The van der Waals surface area contributed by atoms with Crippen molar-refractivity contribution < 1.29 is 9.84 Å². The average Bonchev–Trinajstić information content (AvgIpc) is 3.19. The Labute approximate surface area is 181 Å². The standard InChI is InChI=1S/C22H26ClN5O2/c23-18-12-25-21(27-15-4-5-16(29)10-15)11-17(18)19-2-1-3-20(28-19)26-14-22(13-24)6-8-30-9-7-22/h1-3,11-12,15-16,29H,4-10,14H2,(H,25,27)(H,26,28). The third-order valence-corrected chi connectivity index (χ3v) is 6.23. The minimum atomic E-state index is -0.423. The van der Waals surface area contributed by atoms with Gasteiger partial charge in [-0.15, -0.1) is 0 Å². The van der Waals surface area contributed by atoms with Crippen LogP contribution in [0, 0.1) is 16.7 Å². The largest absolute Gasteiger partial charge is 0.393 e. The molecule has 2 aliphatic rings. The van der Waals surface area contributed by atoms with Gasteiger partial charge in [-0.25, -0.2) is 9.97 Å². The molecule has 1 aliphatic heterocycles. The second kappa shape index (κ2) is 9.17. The second-order valence-electron chi connectivity index (χ2n) is 8.12. The summed E-state index contributed by atoms with van der Waals surface area (Å²) in [7, 11) is 0. The predicted octanol–water partition coefficient (Wildman–Crippen LogP) is 3.85. The highest BCUT2D eigenvalue weighted by atomic mass is 35.5. The number of nitriles is 1. The van der Waals surface area contributed by atoms with E-state index in [2.05, 4.69) is 21.7 Å². The molecule has 1 saturated carbocycles. The summed E-state index contributed by atoms with van der Waals surface area (Å²) >= 11 is 6.42. The Morgan fingerprint density at radius 1 is 1.27 bits per heavy atom. The van der Waals surface area contributed by atoms with E-state index >= 15 is 0 Å². The van der Waals surface area contributed by atoms with E-state index in [9.17, 15) is 10.4 Å². The van der Waals surface area contributed by atoms with Crippen molar-refractivity contribution in [2.75, 3.05) is 30.4 Å². The third kappa shape index (κ3) is 4.84. The van der Waals surface area contributed by atoms with Crippen molar-refractivity contribution in [1.29, 1.82) is 5.26 Å². The molecule has 1 aliphatic carbocycles. The summed E-state index contributed by atoms with van der Waals surface area (Å²) in [5.74, 6) is 1.43. The Balaban J connectivity index is 1.49. The molecule has 7 nitrogen and oxygen atoms in total. The van der Waals surface area contributed by atoms with Crippen LogP contribution >= 0.6 is 11.6 Å². The van der Waals surface area contributed by atoms with E-state index in [-0.39, 0.29) is 12.1 Å². The fourth-order valence-electron chi connectivity index (χ4n) is 4.05. The first-order chi connectivity index (χ1) is 14.6. The molecule has 0 radical (unpaired) electrons. The van der Waals surface area contributed by atoms with E-state index in [0.717, 1.165) is 49.2 Å². The molecule has 2 unspecified atom stereocenters. The number of pyridine rings is 2. The number of ether oxygens (including phenoxy) is 1. The van der Waals surface area contributed by atoms with Crippen molar-refractivity contribution in [3.05, 3.63) is 35.5 Å². The van der Waals surface area contributed by atoms with Gasteiger partial charge in [-0.1, -0.05) is 17.7 Å². The molecule has 30 heavy (non-hydrogen) atoms. The first kappa shape index (κ1) is 20.9. The van der Waals surface area contributed by atoms with Crippen molar-refractivity contribution in [3.8, 4) is 17.3 Å². The molecule has 2 aromatic rings. The van der Waals surface area contributed by atoms with Crippen LogP contribution in [0.2, 0.25) is 5.02 Å². The fourth-order valence-corrected chi connectivity index (χ4v) is 4.25. The molecular formula is C22H26ClN5O2. The molecule has 2 fully saturated rings. The van der Waals surface area contributed by atoms with Gasteiger partial charge in [0.05, 0.1) is 28.3 Å². The van der Waals surface area contributed by atoms with Crippen LogP contribution < -0.4 is 10.6 Å². The minimum Gasteiger partial charge on any atom is -0.393 e. The van der Waals surface area contributed by atoms with Gasteiger partial charge < -0.3 is 20.5 Å². The van der Waals surface area contributed by atoms with Crippen LogP contribution in [0.15, 0.2) is 30.5 Å². The number of hydrogen-bond donors (Lipinski definition) is 3. The van der Waals surface area contributed by atoms with Gasteiger partial charge in [0.15, 0.2) is 0 Å². The van der Waals surface area contributed by atoms with Gasteiger partial charge in [-0.05, 0) is 50.3 Å². The molecule has 0 bridgehead atoms. The van der Waals surface area contributed by atoms with Gasteiger partial charge in [0.25, 0.3) is 0 Å². The van der Waals surface area contributed by atoms with Crippen LogP contribution in [0.25, 0.3) is 11.3 Å². The lowest BCUT2D eigenvalue weighted by molar-refractivity contribution is 0.0455. The number of anilines is 2. The smallest absolute Gasteiger partial charge is 0.126 e. The zero-order valence-corrected chi connectivity index (χ0v) is 17.5. The Hall–Kier alpha value is -2.40. The summed E-state index contributed by atoms with van der Waals surface area (Å²) in [4.78, 5) is 9.08. The van der Waals surface area contributed by atoms with Gasteiger partial charge >= 0.3 is 0 Å². The summed E-state index contributed by atoms with van der Waals surface area (Å²) < 4.78 is 5.40. The van der Waals surface area contributed by atoms with E-state index in [4.69, 9.17) is 21.3 Å². The maximum atomic E-state index is 9.74. The van der Waals surface area contributed by atoms with Crippen LogP contribution in [0.5, 0.6) is 0 Å². The lowest BCUT2D eigenvalue weighted by Gasteiger charge is -2.30. The van der Waals surface area contributed by atoms with Crippen molar-refractivity contribution in [1.82, 2.24) is 9.97 Å². The molecule has 0 spiro atoms. The predicted molar refractivity (Wildman–Crippen MR) is 116 cm³/mol. The Morgan fingerprint density at radius 2 is 2.10 bits per heavy atom. The zero-order valence-electron chi connectivity index (χ0n) is 16.8. The second-order valence-corrected chi connectivity index (χ2v) is 8.53. The lowest BCUT2D eigenvalue weighted by atomic mass is 9.82. The topological polar surface area (TPSA) is 103 Å². The Morgan fingerprint density at radius 3 is 2.83 bits per heavy atom. The van der Waals surface area contributed by atoms with E-state index in [1.807, 2.05) is 24.3 Å². The Bertz CT molecular complexity index is 926. The molecule has 0 amide bonds. The lowest BCUT2D eigenvalue weighted by Crippen LogP contribution is -2.34. The summed E-state index contributed by atoms with van der Waals surface area (Å²) in [5, 5.41) is 26.6. The quantitative estimate of drug-likeness (QED) is 0.643. The number of hydrogen-bond acceptors (Lipinski definition) is 7. The van der Waals surface area contributed by atoms with E-state index in [1.54, 1.807) is 6.20 Å². The first-order valence-corrected chi connectivity index (χ1v) is 10.8. The average molecular weight is 428 g/mol. The first-order valence-electron chi connectivity index (χ1n) is 10.4. The van der Waals surface area contributed by atoms with Gasteiger partial charge in [0.1, 0.15) is 11.6 Å². The number of aliphatic hydroxyl groups excluding tert-OH is 1. The van der Waals surface area contributed by atoms with E-state index < -0.39 is 5.41 Å². The highest BCUT2D eigenvalue weighted by molar-refractivity contribution is 6.33. The highest BCUT2D eigenvalue weighted by Crippen LogP contribution is 2.32. The van der Waals surface area contributed by atoms with Crippen LogP contribution in [0.3, 0.4) is 0 Å². The summed E-state index contributed by atoms with van der Waals surface area (Å²) in [6.07, 6.45) is 5.27. The molecule has 2 aromatic heterocycles. The van der Waals surface area contributed by atoms with Gasteiger partial charge in [0, 0.05) is 37.6 Å². The monoisotopic (exact) mass is 427 g/mol. The number of nitrogens with one attached hydrogen (secondary N) is 2. The molecular weight excluding hydrogens is 402 g/mol. The number of aromatic nitrogens is 2. The van der Waals surface area contributed by atoms with Crippen LogP contribution in [0.1, 0.15) is 32.1 Å². The van der Waals surface area contributed by atoms with Crippen LogP contribution in [-0.2, 0) is 4.74 Å². The van der Waals surface area contributed by atoms with E-state index in [0.29, 0.717) is 30.6 Å². The van der Waals surface area contributed by atoms with Crippen molar-refractivity contribution in [2.24, 2.45) is 5.41 Å². The highest BCUT2D eigenvalue weighted by Gasteiger charge is 2.32. The number of rotatable bonds is 6. The molecule has 1 saturated heterocycles. The van der Waals surface area contributed by atoms with Gasteiger partial charge in [-0.3, -0.25) is 0 Å². The van der Waals surface area contributed by atoms with Crippen LogP contribution in [0.4, 0.5) is 11.6 Å². The summed E-state index contributed by atoms with van der Waals surface area (Å²) in [5.41, 5.74) is 1.10. The van der Waals surface area contributed by atoms with Crippen molar-refractivity contribution in [2.45, 2.75) is 44.2 Å². The number of aliphatic hydroxyl groups is 1. The molecule has 2 atom stereocenters. The summed E-state index contributed by atoms with van der Waals surface area (Å²) in [6.45, 7) is 1.76. The maximum absolute atomic E-state index is 9.74. The van der Waals surface area contributed by atoms with Crippen molar-refractivity contribution >= 4 is 23.2 Å². The van der Waals surface area contributed by atoms with Gasteiger partial charge in [-0.2, -0.15) is 5.26 Å². The maximum Gasteiger partial charge on any atom is 0.126 e. The van der Waals surface area contributed by atoms with Crippen LogP contribution in [-0.4, -0.2) is 47.0 Å². The molecule has 3 heterocycles. The summed E-state index contributed by atoms with van der Waals surface area (Å²) in [6, 6.07) is 10.3. The third-order valence-electron chi connectivity index (χ3n) is 5.93. The number of halogens is 1. The normalized spacial score (nSPS) is 23.0. The SMILES string of the molecule is N#CC1(CNc2cccc(-c3cc(NC4CCC(O)C4)ncc3Cl)n2)CCOCC1. The van der Waals surface area contributed by atoms with E-state index in [1.165, 1.54) is 0 Å². The Kier molecular flexibility index (Phi) is 6.38.